The van der Waals surface area contributed by atoms with Gasteiger partial charge in [-0.3, -0.25) is 0 Å². The van der Waals surface area contributed by atoms with Crippen LogP contribution in [0.4, 0.5) is 11.6 Å². The third-order valence-electron chi connectivity index (χ3n) is 3.59. The Kier molecular flexibility index (Phi) is 4.93. The molecule has 0 aromatic carbocycles. The van der Waals surface area contributed by atoms with Crippen molar-refractivity contribution < 1.29 is 4.74 Å². The fourth-order valence-electron chi connectivity index (χ4n) is 2.05. The van der Waals surface area contributed by atoms with Gasteiger partial charge < -0.3 is 20.7 Å². The Balaban J connectivity index is 2.01. The largest absolute Gasteiger partial charge is 0.381 e. The molecule has 2 rings (SSSR count). The number of hydrogen-bond donors (Lipinski definition) is 2. The van der Waals surface area contributed by atoms with Crippen molar-refractivity contribution in [2.24, 2.45) is 5.73 Å². The van der Waals surface area contributed by atoms with Crippen LogP contribution in [0.25, 0.3) is 0 Å². The minimum Gasteiger partial charge on any atom is -0.381 e. The summed E-state index contributed by atoms with van der Waals surface area (Å²) >= 11 is 0. The van der Waals surface area contributed by atoms with Crippen LogP contribution in [0.2, 0.25) is 0 Å². The Morgan fingerprint density at radius 2 is 2.21 bits per heavy atom. The highest BCUT2D eigenvalue weighted by atomic mass is 16.5. The molecule has 1 aromatic rings. The van der Waals surface area contributed by atoms with Crippen LogP contribution in [0.3, 0.4) is 0 Å². The van der Waals surface area contributed by atoms with E-state index in [9.17, 15) is 0 Å². The number of nitrogens with zero attached hydrogens (tertiary/aromatic N) is 3. The average molecular weight is 265 g/mol. The van der Waals surface area contributed by atoms with Crippen molar-refractivity contribution in [3.8, 4) is 0 Å². The molecule has 0 saturated carbocycles. The van der Waals surface area contributed by atoms with Crippen LogP contribution in [-0.4, -0.2) is 48.9 Å². The first kappa shape index (κ1) is 14.0. The fourth-order valence-corrected chi connectivity index (χ4v) is 2.05. The minimum atomic E-state index is 0.255. The highest BCUT2D eigenvalue weighted by Crippen LogP contribution is 2.17. The Morgan fingerprint density at radius 3 is 2.89 bits per heavy atom. The summed E-state index contributed by atoms with van der Waals surface area (Å²) in [5.74, 6) is 1.76. The summed E-state index contributed by atoms with van der Waals surface area (Å²) in [5, 5.41) is 3.44. The van der Waals surface area contributed by atoms with Gasteiger partial charge in [0.15, 0.2) is 0 Å². The van der Waals surface area contributed by atoms with E-state index < -0.39 is 0 Å². The van der Waals surface area contributed by atoms with Crippen LogP contribution >= 0.6 is 0 Å². The lowest BCUT2D eigenvalue weighted by molar-refractivity contribution is 0.0904. The first-order valence-corrected chi connectivity index (χ1v) is 6.80. The first-order chi connectivity index (χ1) is 9.20. The maximum atomic E-state index is 5.68. The van der Waals surface area contributed by atoms with Gasteiger partial charge >= 0.3 is 0 Å². The van der Waals surface area contributed by atoms with E-state index in [0.717, 1.165) is 37.7 Å². The quantitative estimate of drug-likeness (QED) is 0.822. The van der Waals surface area contributed by atoms with Crippen LogP contribution < -0.4 is 16.0 Å². The van der Waals surface area contributed by atoms with Gasteiger partial charge in [-0.1, -0.05) is 0 Å². The number of rotatable bonds is 5. The van der Waals surface area contributed by atoms with E-state index in [0.29, 0.717) is 12.6 Å². The van der Waals surface area contributed by atoms with Crippen LogP contribution in [0.15, 0.2) is 12.4 Å². The molecule has 0 bridgehead atoms. The molecule has 6 heteroatoms. The maximum absolute atomic E-state index is 5.68. The van der Waals surface area contributed by atoms with Gasteiger partial charge in [0, 0.05) is 45.0 Å². The van der Waals surface area contributed by atoms with Crippen molar-refractivity contribution in [3.63, 3.8) is 0 Å². The molecule has 1 aliphatic heterocycles. The molecule has 1 unspecified atom stereocenters. The van der Waals surface area contributed by atoms with E-state index in [1.807, 2.05) is 13.1 Å². The molecule has 0 aliphatic carbocycles. The zero-order chi connectivity index (χ0) is 13.7. The Hall–Kier alpha value is -1.40. The average Bonchev–Trinajstić information content (AvgIpc) is 2.47. The second-order valence-corrected chi connectivity index (χ2v) is 4.99. The second-order valence-electron chi connectivity index (χ2n) is 4.99. The third-order valence-corrected chi connectivity index (χ3v) is 3.59. The van der Waals surface area contributed by atoms with Gasteiger partial charge in [0.05, 0.1) is 0 Å². The molecule has 6 nitrogen and oxygen atoms in total. The summed E-state index contributed by atoms with van der Waals surface area (Å²) in [6, 6.07) is 2.67. The normalized spacial score (nSPS) is 18.1. The highest BCUT2D eigenvalue weighted by molar-refractivity contribution is 5.49. The summed E-state index contributed by atoms with van der Waals surface area (Å²) < 4.78 is 5.35. The van der Waals surface area contributed by atoms with Crippen LogP contribution in [0.1, 0.15) is 19.8 Å². The molecule has 0 radical (unpaired) electrons. The summed E-state index contributed by atoms with van der Waals surface area (Å²) in [5.41, 5.74) is 5.68. The monoisotopic (exact) mass is 265 g/mol. The van der Waals surface area contributed by atoms with Crippen molar-refractivity contribution in [3.05, 3.63) is 12.4 Å². The van der Waals surface area contributed by atoms with E-state index in [2.05, 4.69) is 27.1 Å². The molecular formula is C13H23N5O. The van der Waals surface area contributed by atoms with E-state index in [1.54, 1.807) is 6.33 Å². The fraction of sp³-hybridized carbons (Fsp3) is 0.692. The lowest BCUT2D eigenvalue weighted by atomic mass is 10.1. The smallest absolute Gasteiger partial charge is 0.134 e. The molecule has 19 heavy (non-hydrogen) atoms. The van der Waals surface area contributed by atoms with Crippen molar-refractivity contribution in [1.29, 1.82) is 0 Å². The van der Waals surface area contributed by atoms with E-state index in [4.69, 9.17) is 10.5 Å². The van der Waals surface area contributed by atoms with E-state index in [-0.39, 0.29) is 6.04 Å². The summed E-state index contributed by atoms with van der Waals surface area (Å²) in [7, 11) is 2.00. The lowest BCUT2D eigenvalue weighted by Gasteiger charge is -2.26. The molecule has 0 amide bonds. The second kappa shape index (κ2) is 6.68. The van der Waals surface area contributed by atoms with Gasteiger partial charge in [-0.05, 0) is 19.8 Å². The summed E-state index contributed by atoms with van der Waals surface area (Å²) in [6.45, 7) is 4.32. The van der Waals surface area contributed by atoms with Gasteiger partial charge in [0.1, 0.15) is 18.0 Å². The van der Waals surface area contributed by atoms with Gasteiger partial charge in [0.2, 0.25) is 0 Å². The Morgan fingerprint density at radius 1 is 1.47 bits per heavy atom. The number of hydrogen-bond acceptors (Lipinski definition) is 6. The Labute approximate surface area is 114 Å². The molecular weight excluding hydrogens is 242 g/mol. The number of likely N-dealkylation sites (N-methyl/N-ethyl adjacent to an activating group) is 1. The molecule has 1 atom stereocenters. The molecule has 1 aliphatic rings. The SMILES string of the molecule is CC(CN)N(C)c1cc(NC2CCOCC2)ncn1. The maximum Gasteiger partial charge on any atom is 0.134 e. The molecule has 2 heterocycles. The zero-order valence-electron chi connectivity index (χ0n) is 11.7. The highest BCUT2D eigenvalue weighted by Gasteiger charge is 2.15. The predicted molar refractivity (Wildman–Crippen MR) is 76.4 cm³/mol. The number of anilines is 2. The van der Waals surface area contributed by atoms with Crippen molar-refractivity contribution in [1.82, 2.24) is 9.97 Å². The molecule has 3 N–H and O–H groups in total. The first-order valence-electron chi connectivity index (χ1n) is 6.80. The van der Waals surface area contributed by atoms with E-state index >= 15 is 0 Å². The Bertz CT molecular complexity index is 394. The van der Waals surface area contributed by atoms with E-state index in [1.165, 1.54) is 0 Å². The lowest BCUT2D eigenvalue weighted by Crippen LogP contribution is -2.36. The number of aromatic nitrogens is 2. The standard InChI is InChI=1S/C13H23N5O/c1-10(8-14)18(2)13-7-12(15-9-16-13)17-11-3-5-19-6-4-11/h7,9-11H,3-6,8,14H2,1-2H3,(H,15,16,17). The number of ether oxygens (including phenoxy) is 1. The topological polar surface area (TPSA) is 76.3 Å². The van der Waals surface area contributed by atoms with Crippen LogP contribution in [0.5, 0.6) is 0 Å². The summed E-state index contributed by atoms with van der Waals surface area (Å²) in [6.07, 6.45) is 3.64. The van der Waals surface area contributed by atoms with Gasteiger partial charge in [-0.25, -0.2) is 9.97 Å². The molecule has 1 aromatic heterocycles. The van der Waals surface area contributed by atoms with Crippen molar-refractivity contribution in [2.75, 3.05) is 37.0 Å². The summed E-state index contributed by atoms with van der Waals surface area (Å²) in [4.78, 5) is 10.6. The zero-order valence-corrected chi connectivity index (χ0v) is 11.7. The minimum absolute atomic E-state index is 0.255. The number of nitrogens with one attached hydrogen (secondary N) is 1. The third kappa shape index (κ3) is 3.78. The van der Waals surface area contributed by atoms with Crippen molar-refractivity contribution >= 4 is 11.6 Å². The number of nitrogens with two attached hydrogens (primary N) is 1. The van der Waals surface area contributed by atoms with Gasteiger partial charge in [-0.2, -0.15) is 0 Å². The van der Waals surface area contributed by atoms with Gasteiger partial charge in [-0.15, -0.1) is 0 Å². The molecule has 1 fully saturated rings. The van der Waals surface area contributed by atoms with Gasteiger partial charge in [0.25, 0.3) is 0 Å². The van der Waals surface area contributed by atoms with Crippen molar-refractivity contribution in [2.45, 2.75) is 31.8 Å². The van der Waals surface area contributed by atoms with Crippen LogP contribution in [0, 0.1) is 0 Å². The molecule has 0 spiro atoms. The predicted octanol–water partition coefficient (Wildman–Crippen LogP) is 0.851. The van der Waals surface area contributed by atoms with Crippen LogP contribution in [-0.2, 0) is 4.74 Å². The molecule has 1 saturated heterocycles. The molecule has 106 valence electrons.